The number of nitrogens with zero attached hydrogens (tertiary/aromatic N) is 2. The van der Waals surface area contributed by atoms with Crippen LogP contribution < -0.4 is 5.32 Å². The van der Waals surface area contributed by atoms with Gasteiger partial charge in [-0.15, -0.1) is 5.10 Å². The second-order valence-electron chi connectivity index (χ2n) is 6.87. The number of amides is 1. The lowest BCUT2D eigenvalue weighted by Gasteiger charge is -2.14. The molecule has 0 spiro atoms. The van der Waals surface area contributed by atoms with Crippen molar-refractivity contribution < 1.29 is 14.3 Å². The molecule has 1 heterocycles. The zero-order chi connectivity index (χ0) is 22.2. The predicted octanol–water partition coefficient (Wildman–Crippen LogP) is 4.68. The van der Waals surface area contributed by atoms with E-state index in [1.165, 1.54) is 28.7 Å². The number of aromatic nitrogens is 2. The van der Waals surface area contributed by atoms with Crippen molar-refractivity contribution in [3.05, 3.63) is 69.7 Å². The first kappa shape index (κ1) is 23.2. The van der Waals surface area contributed by atoms with Gasteiger partial charge < -0.3 is 10.1 Å². The Kier molecular flexibility index (Phi) is 8.39. The molecule has 0 aliphatic rings. The number of nitrogens with one attached hydrogen (secondary N) is 1. The van der Waals surface area contributed by atoms with E-state index in [0.717, 1.165) is 22.9 Å². The molecule has 0 radical (unpaired) electrons. The number of hydrogen-bond donors (Lipinski definition) is 1. The van der Waals surface area contributed by atoms with E-state index in [-0.39, 0.29) is 18.6 Å². The Hall–Kier alpha value is -2.49. The minimum Gasteiger partial charge on any atom is -0.452 e. The number of carbonyl (C=O) groups excluding carboxylic acids is 2. The summed E-state index contributed by atoms with van der Waals surface area (Å²) in [5.41, 5.74) is 2.35. The molecule has 1 amide bonds. The van der Waals surface area contributed by atoms with Crippen LogP contribution in [0.3, 0.4) is 0 Å². The second kappa shape index (κ2) is 11.2. The highest BCUT2D eigenvalue weighted by Gasteiger charge is 2.13. The van der Waals surface area contributed by atoms with E-state index in [1.807, 2.05) is 31.4 Å². The largest absolute Gasteiger partial charge is 0.452 e. The lowest BCUT2D eigenvalue weighted by Crippen LogP contribution is -2.36. The van der Waals surface area contributed by atoms with E-state index in [1.54, 1.807) is 28.9 Å². The maximum atomic E-state index is 12.3. The molecule has 1 atom stereocenters. The van der Waals surface area contributed by atoms with Crippen molar-refractivity contribution in [3.63, 3.8) is 0 Å². The zero-order valence-corrected chi connectivity index (χ0v) is 19.7. The smallest absolute Gasteiger partial charge is 0.338 e. The fourth-order valence-corrected chi connectivity index (χ4v) is 4.66. The van der Waals surface area contributed by atoms with Crippen molar-refractivity contribution in [1.82, 2.24) is 15.1 Å². The molecule has 0 bridgehead atoms. The Labute approximate surface area is 194 Å². The number of hydrogen-bond acceptors (Lipinski definition) is 7. The van der Waals surface area contributed by atoms with Crippen molar-refractivity contribution >= 4 is 47.2 Å². The first-order chi connectivity index (χ1) is 15.0. The van der Waals surface area contributed by atoms with Crippen LogP contribution in [0.1, 0.15) is 29.3 Å². The van der Waals surface area contributed by atoms with Gasteiger partial charge in [0.1, 0.15) is 0 Å². The Morgan fingerprint density at radius 2 is 1.90 bits per heavy atom. The lowest BCUT2D eigenvalue weighted by atomic mass is 10.1. The van der Waals surface area contributed by atoms with Crippen LogP contribution in [-0.2, 0) is 16.0 Å². The topological polar surface area (TPSA) is 73.2 Å². The summed E-state index contributed by atoms with van der Waals surface area (Å²) in [5.74, 6) is -0.866. The van der Waals surface area contributed by atoms with E-state index in [2.05, 4.69) is 22.5 Å². The molecule has 3 rings (SSSR count). The van der Waals surface area contributed by atoms with Gasteiger partial charge >= 0.3 is 5.97 Å². The van der Waals surface area contributed by atoms with Crippen LogP contribution in [0.4, 0.5) is 0 Å². The van der Waals surface area contributed by atoms with E-state index in [0.29, 0.717) is 9.52 Å². The Balaban J connectivity index is 1.47. The van der Waals surface area contributed by atoms with Crippen LogP contribution in [0, 0.1) is 3.95 Å². The van der Waals surface area contributed by atoms with Crippen LogP contribution in [0.15, 0.2) is 58.9 Å². The van der Waals surface area contributed by atoms with Gasteiger partial charge in [-0.05, 0) is 68.1 Å². The fraction of sp³-hybridized carbons (Fsp3) is 0.273. The summed E-state index contributed by atoms with van der Waals surface area (Å²) in [6, 6.07) is 16.9. The molecule has 0 unspecified atom stereocenters. The number of ether oxygens (including phenoxy) is 1. The standard InChI is InChI=1S/C22H23N3O3S3/c1-15(8-9-16-6-4-3-5-7-16)23-19(26)14-28-20(27)17-10-12-18(13-11-17)25-22(29)31-21(24-25)30-2/h3-7,10-13,15H,8-9,14H2,1-2H3,(H,23,26)/t15-/m1/s1. The number of rotatable bonds is 9. The molecule has 0 saturated carbocycles. The summed E-state index contributed by atoms with van der Waals surface area (Å²) in [5, 5.41) is 7.28. The molecule has 3 aromatic rings. The normalized spacial score (nSPS) is 11.7. The summed E-state index contributed by atoms with van der Waals surface area (Å²) in [7, 11) is 0. The van der Waals surface area contributed by atoms with Gasteiger partial charge in [0.15, 0.2) is 14.9 Å². The predicted molar refractivity (Wildman–Crippen MR) is 127 cm³/mol. The molecule has 9 heteroatoms. The fourth-order valence-electron chi connectivity index (χ4n) is 2.88. The number of benzene rings is 2. The number of thioether (sulfide) groups is 1. The van der Waals surface area contributed by atoms with Crippen LogP contribution in [0.2, 0.25) is 0 Å². The monoisotopic (exact) mass is 473 g/mol. The molecule has 0 saturated heterocycles. The van der Waals surface area contributed by atoms with Gasteiger partial charge in [-0.1, -0.05) is 53.4 Å². The number of aryl methyl sites for hydroxylation is 1. The van der Waals surface area contributed by atoms with E-state index < -0.39 is 5.97 Å². The average Bonchev–Trinajstić information content (AvgIpc) is 3.17. The van der Waals surface area contributed by atoms with Crippen molar-refractivity contribution in [2.45, 2.75) is 30.1 Å². The zero-order valence-electron chi connectivity index (χ0n) is 17.2. The quantitative estimate of drug-likeness (QED) is 0.276. The van der Waals surface area contributed by atoms with Gasteiger partial charge in [0.25, 0.3) is 5.91 Å². The summed E-state index contributed by atoms with van der Waals surface area (Å²) >= 11 is 8.29. The van der Waals surface area contributed by atoms with Gasteiger partial charge in [0.05, 0.1) is 11.3 Å². The molecule has 0 fully saturated rings. The molecule has 1 aromatic heterocycles. The summed E-state index contributed by atoms with van der Waals surface area (Å²) < 4.78 is 8.32. The van der Waals surface area contributed by atoms with Crippen molar-refractivity contribution in [2.24, 2.45) is 0 Å². The first-order valence-corrected chi connectivity index (χ1v) is 12.2. The van der Waals surface area contributed by atoms with Crippen molar-refractivity contribution in [2.75, 3.05) is 12.9 Å². The highest BCUT2D eigenvalue weighted by molar-refractivity contribution is 8.00. The van der Waals surface area contributed by atoms with Gasteiger partial charge in [-0.25, -0.2) is 9.48 Å². The summed E-state index contributed by atoms with van der Waals surface area (Å²) in [4.78, 5) is 24.4. The van der Waals surface area contributed by atoms with Crippen LogP contribution >= 0.6 is 35.3 Å². The third-order valence-corrected chi connectivity index (χ3v) is 6.71. The molecule has 0 aliphatic heterocycles. The minimum atomic E-state index is -0.551. The van der Waals surface area contributed by atoms with E-state index >= 15 is 0 Å². The Morgan fingerprint density at radius 3 is 2.55 bits per heavy atom. The molecule has 31 heavy (non-hydrogen) atoms. The average molecular weight is 474 g/mol. The van der Waals surface area contributed by atoms with E-state index in [4.69, 9.17) is 17.0 Å². The molecule has 0 aliphatic carbocycles. The second-order valence-corrected chi connectivity index (χ2v) is 9.54. The van der Waals surface area contributed by atoms with Gasteiger partial charge in [-0.3, -0.25) is 4.79 Å². The van der Waals surface area contributed by atoms with Crippen LogP contribution in [-0.4, -0.2) is 40.6 Å². The number of esters is 1. The third kappa shape index (κ3) is 6.75. The first-order valence-electron chi connectivity index (χ1n) is 9.71. The molecule has 6 nitrogen and oxygen atoms in total. The minimum absolute atomic E-state index is 0.0143. The SMILES string of the molecule is CSc1nn(-c2ccc(C(=O)OCC(=O)N[C@H](C)CCc3ccccc3)cc2)c(=S)s1. The Bertz CT molecular complexity index is 1080. The highest BCUT2D eigenvalue weighted by atomic mass is 32.2. The van der Waals surface area contributed by atoms with Crippen LogP contribution in [0.5, 0.6) is 0 Å². The number of carbonyl (C=O) groups is 2. The summed E-state index contributed by atoms with van der Waals surface area (Å²) in [6.45, 7) is 1.62. The highest BCUT2D eigenvalue weighted by Crippen LogP contribution is 2.22. The van der Waals surface area contributed by atoms with Crippen LogP contribution in [0.25, 0.3) is 5.69 Å². The van der Waals surface area contributed by atoms with E-state index in [9.17, 15) is 9.59 Å². The molecule has 2 aromatic carbocycles. The molecule has 1 N–H and O–H groups in total. The summed E-state index contributed by atoms with van der Waals surface area (Å²) in [6.07, 6.45) is 3.62. The maximum Gasteiger partial charge on any atom is 0.338 e. The molecule has 162 valence electrons. The maximum absolute atomic E-state index is 12.3. The Morgan fingerprint density at radius 1 is 1.19 bits per heavy atom. The van der Waals surface area contributed by atoms with Crippen molar-refractivity contribution in [3.8, 4) is 5.69 Å². The third-order valence-electron chi connectivity index (χ3n) is 4.50. The molecular formula is C22H23N3O3S3. The van der Waals surface area contributed by atoms with Crippen molar-refractivity contribution in [1.29, 1.82) is 0 Å². The lowest BCUT2D eigenvalue weighted by molar-refractivity contribution is -0.124. The van der Waals surface area contributed by atoms with Gasteiger partial charge in [0, 0.05) is 6.04 Å². The van der Waals surface area contributed by atoms with Gasteiger partial charge in [0.2, 0.25) is 0 Å². The molecular weight excluding hydrogens is 450 g/mol. The van der Waals surface area contributed by atoms with Gasteiger partial charge in [-0.2, -0.15) is 0 Å².